The van der Waals surface area contributed by atoms with Crippen molar-refractivity contribution in [2.75, 3.05) is 20.3 Å². The minimum atomic E-state index is 0.0451. The van der Waals surface area contributed by atoms with Crippen molar-refractivity contribution in [3.05, 3.63) is 77.9 Å². The topological polar surface area (TPSA) is 72.7 Å². The second-order valence-electron chi connectivity index (χ2n) is 7.42. The van der Waals surface area contributed by atoms with Crippen molar-refractivity contribution < 1.29 is 9.47 Å². The summed E-state index contributed by atoms with van der Waals surface area (Å²) in [5.74, 6) is 2.27. The number of guanidine groups is 1. The maximum atomic E-state index is 5.76. The molecule has 7 heteroatoms. The van der Waals surface area contributed by atoms with Gasteiger partial charge in [0.2, 0.25) is 0 Å². The third-order valence-corrected chi connectivity index (χ3v) is 5.02. The third kappa shape index (κ3) is 6.51. The van der Waals surface area contributed by atoms with E-state index in [1.807, 2.05) is 38.5 Å². The standard InChI is InChI=1S/C25H33N5O2/c1-5-31-23-11-10-22(15-24(23)32-6-2)19(3)29-25(26-4)28-16-20-8-7-9-21(14-20)17-30-13-12-27-18-30/h7-15,18-19H,5-6,16-17H2,1-4H3,(H2,26,28,29). The monoisotopic (exact) mass is 435 g/mol. The molecule has 1 unspecified atom stereocenters. The van der Waals surface area contributed by atoms with Crippen LogP contribution in [-0.4, -0.2) is 35.8 Å². The van der Waals surface area contributed by atoms with Crippen LogP contribution < -0.4 is 20.1 Å². The first kappa shape index (κ1) is 23.2. The second kappa shape index (κ2) is 11.8. The molecule has 0 saturated carbocycles. The van der Waals surface area contributed by atoms with Crippen LogP contribution in [0.25, 0.3) is 0 Å². The number of benzene rings is 2. The van der Waals surface area contributed by atoms with Crippen LogP contribution in [0.3, 0.4) is 0 Å². The molecule has 3 rings (SSSR count). The van der Waals surface area contributed by atoms with Crippen LogP contribution in [0, 0.1) is 0 Å². The van der Waals surface area contributed by atoms with Crippen molar-refractivity contribution in [3.8, 4) is 11.5 Å². The highest BCUT2D eigenvalue weighted by atomic mass is 16.5. The number of imidazole rings is 1. The molecule has 7 nitrogen and oxygen atoms in total. The number of ether oxygens (including phenoxy) is 2. The van der Waals surface area contributed by atoms with Gasteiger partial charge in [0.1, 0.15) is 0 Å². The van der Waals surface area contributed by atoms with E-state index in [9.17, 15) is 0 Å². The van der Waals surface area contributed by atoms with Gasteiger partial charge in [-0.25, -0.2) is 4.98 Å². The van der Waals surface area contributed by atoms with Crippen LogP contribution >= 0.6 is 0 Å². The molecule has 0 saturated heterocycles. The lowest BCUT2D eigenvalue weighted by atomic mass is 10.1. The average Bonchev–Trinajstić information content (AvgIpc) is 3.31. The summed E-state index contributed by atoms with van der Waals surface area (Å²) >= 11 is 0. The van der Waals surface area contributed by atoms with E-state index in [2.05, 4.69) is 62.4 Å². The van der Waals surface area contributed by atoms with Crippen molar-refractivity contribution in [1.29, 1.82) is 0 Å². The fourth-order valence-corrected chi connectivity index (χ4v) is 3.43. The lowest BCUT2D eigenvalue weighted by Gasteiger charge is -2.20. The van der Waals surface area contributed by atoms with Gasteiger partial charge in [0.15, 0.2) is 17.5 Å². The molecule has 0 bridgehead atoms. The predicted molar refractivity (Wildman–Crippen MR) is 128 cm³/mol. The Morgan fingerprint density at radius 1 is 1.06 bits per heavy atom. The molecule has 32 heavy (non-hydrogen) atoms. The SMILES string of the molecule is CCOc1ccc(C(C)NC(=NC)NCc2cccc(Cn3ccnc3)c2)cc1OCC. The van der Waals surface area contributed by atoms with E-state index in [4.69, 9.17) is 9.47 Å². The number of rotatable bonds is 10. The summed E-state index contributed by atoms with van der Waals surface area (Å²) in [6.45, 7) is 8.72. The smallest absolute Gasteiger partial charge is 0.191 e. The third-order valence-electron chi connectivity index (χ3n) is 5.02. The fraction of sp³-hybridized carbons (Fsp3) is 0.360. The van der Waals surface area contributed by atoms with Gasteiger partial charge >= 0.3 is 0 Å². The van der Waals surface area contributed by atoms with Gasteiger partial charge in [0.25, 0.3) is 0 Å². The van der Waals surface area contributed by atoms with E-state index in [-0.39, 0.29) is 6.04 Å². The van der Waals surface area contributed by atoms with Gasteiger partial charge < -0.3 is 24.7 Å². The molecule has 2 N–H and O–H groups in total. The van der Waals surface area contributed by atoms with E-state index in [0.717, 1.165) is 29.6 Å². The highest BCUT2D eigenvalue weighted by Crippen LogP contribution is 2.30. The Bertz CT molecular complexity index is 1000. The number of nitrogens with zero attached hydrogens (tertiary/aromatic N) is 3. The molecular formula is C25H33N5O2. The first-order valence-electron chi connectivity index (χ1n) is 11.0. The molecule has 0 spiro atoms. The summed E-state index contributed by atoms with van der Waals surface area (Å²) < 4.78 is 13.5. The molecule has 1 heterocycles. The number of hydrogen-bond donors (Lipinski definition) is 2. The Balaban J connectivity index is 1.60. The average molecular weight is 436 g/mol. The molecule has 2 aromatic carbocycles. The summed E-state index contributed by atoms with van der Waals surface area (Å²) in [6, 6.07) is 14.6. The maximum absolute atomic E-state index is 5.76. The van der Waals surface area contributed by atoms with Gasteiger partial charge in [-0.05, 0) is 49.6 Å². The van der Waals surface area contributed by atoms with E-state index < -0.39 is 0 Å². The Kier molecular flexibility index (Phi) is 8.54. The Morgan fingerprint density at radius 2 is 1.84 bits per heavy atom. The summed E-state index contributed by atoms with van der Waals surface area (Å²) in [4.78, 5) is 8.49. The van der Waals surface area contributed by atoms with E-state index in [0.29, 0.717) is 19.8 Å². The first-order chi connectivity index (χ1) is 15.6. The quantitative estimate of drug-likeness (QED) is 0.370. The molecule has 0 amide bonds. The van der Waals surface area contributed by atoms with Crippen molar-refractivity contribution in [3.63, 3.8) is 0 Å². The lowest BCUT2D eigenvalue weighted by Crippen LogP contribution is -2.38. The molecule has 0 aliphatic rings. The molecule has 3 aromatic rings. The van der Waals surface area contributed by atoms with Gasteiger partial charge in [-0.3, -0.25) is 4.99 Å². The second-order valence-corrected chi connectivity index (χ2v) is 7.42. The van der Waals surface area contributed by atoms with Gasteiger partial charge in [-0.1, -0.05) is 30.3 Å². The molecule has 170 valence electrons. The van der Waals surface area contributed by atoms with E-state index >= 15 is 0 Å². The molecule has 1 atom stereocenters. The highest BCUT2D eigenvalue weighted by molar-refractivity contribution is 5.80. The zero-order chi connectivity index (χ0) is 22.8. The fourth-order valence-electron chi connectivity index (χ4n) is 3.43. The van der Waals surface area contributed by atoms with Crippen molar-refractivity contribution in [1.82, 2.24) is 20.2 Å². The number of hydrogen-bond acceptors (Lipinski definition) is 4. The van der Waals surface area contributed by atoms with Crippen LogP contribution in [0.4, 0.5) is 0 Å². The molecule has 0 aliphatic carbocycles. The minimum absolute atomic E-state index is 0.0451. The van der Waals surface area contributed by atoms with Crippen molar-refractivity contribution >= 4 is 5.96 Å². The van der Waals surface area contributed by atoms with Gasteiger partial charge in [0.05, 0.1) is 25.6 Å². The van der Waals surface area contributed by atoms with Crippen LogP contribution in [0.2, 0.25) is 0 Å². The van der Waals surface area contributed by atoms with Crippen molar-refractivity contribution in [2.45, 2.75) is 39.9 Å². The number of nitrogens with one attached hydrogen (secondary N) is 2. The zero-order valence-electron chi connectivity index (χ0n) is 19.3. The first-order valence-corrected chi connectivity index (χ1v) is 11.0. The summed E-state index contributed by atoms with van der Waals surface area (Å²) in [5, 5.41) is 6.86. The molecule has 0 radical (unpaired) electrons. The molecule has 0 aliphatic heterocycles. The minimum Gasteiger partial charge on any atom is -0.490 e. The van der Waals surface area contributed by atoms with Crippen LogP contribution in [-0.2, 0) is 13.1 Å². The Morgan fingerprint density at radius 3 is 2.56 bits per heavy atom. The van der Waals surface area contributed by atoms with Crippen LogP contribution in [0.5, 0.6) is 11.5 Å². The molecule has 0 fully saturated rings. The maximum Gasteiger partial charge on any atom is 0.191 e. The van der Waals surface area contributed by atoms with Gasteiger partial charge in [-0.15, -0.1) is 0 Å². The largest absolute Gasteiger partial charge is 0.490 e. The molecule has 1 aromatic heterocycles. The number of aliphatic imine (C=N–C) groups is 1. The zero-order valence-corrected chi connectivity index (χ0v) is 19.3. The normalized spacial score (nSPS) is 12.3. The number of aromatic nitrogens is 2. The summed E-state index contributed by atoms with van der Waals surface area (Å²) in [7, 11) is 1.78. The van der Waals surface area contributed by atoms with Gasteiger partial charge in [0, 0.05) is 32.5 Å². The predicted octanol–water partition coefficient (Wildman–Crippen LogP) is 4.16. The summed E-state index contributed by atoms with van der Waals surface area (Å²) in [5.41, 5.74) is 3.52. The Labute approximate surface area is 190 Å². The van der Waals surface area contributed by atoms with E-state index in [1.165, 1.54) is 11.1 Å². The van der Waals surface area contributed by atoms with Gasteiger partial charge in [-0.2, -0.15) is 0 Å². The lowest BCUT2D eigenvalue weighted by molar-refractivity contribution is 0.287. The van der Waals surface area contributed by atoms with E-state index in [1.54, 1.807) is 13.2 Å². The highest BCUT2D eigenvalue weighted by Gasteiger charge is 2.12. The Hall–Kier alpha value is -3.48. The van der Waals surface area contributed by atoms with Crippen molar-refractivity contribution in [2.24, 2.45) is 4.99 Å². The summed E-state index contributed by atoms with van der Waals surface area (Å²) in [6.07, 6.45) is 5.59. The van der Waals surface area contributed by atoms with Crippen LogP contribution in [0.15, 0.2) is 66.2 Å². The molecular weight excluding hydrogens is 402 g/mol. The van der Waals surface area contributed by atoms with Crippen LogP contribution in [0.1, 0.15) is 43.5 Å².